The molecule has 3 heteroatoms. The van der Waals surface area contributed by atoms with E-state index in [1.807, 2.05) is 17.8 Å². The van der Waals surface area contributed by atoms with Gasteiger partial charge in [0.1, 0.15) is 11.3 Å². The topological polar surface area (TPSA) is 25.2 Å². The molecule has 1 fully saturated rings. The van der Waals surface area contributed by atoms with Crippen molar-refractivity contribution in [1.82, 2.24) is 5.32 Å². The minimum absolute atomic E-state index is 0.672. The highest BCUT2D eigenvalue weighted by molar-refractivity contribution is 7.99. The van der Waals surface area contributed by atoms with Gasteiger partial charge in [0.05, 0.1) is 0 Å². The monoisotopic (exact) mass is 289 g/mol. The molecule has 0 aliphatic heterocycles. The van der Waals surface area contributed by atoms with Gasteiger partial charge in [0, 0.05) is 35.2 Å². The molecule has 2 nitrogen and oxygen atoms in total. The summed E-state index contributed by atoms with van der Waals surface area (Å²) in [5, 5.41) is 5.86. The summed E-state index contributed by atoms with van der Waals surface area (Å²) in [6, 6.07) is 9.06. The number of rotatable bonds is 5. The Hall–Kier alpha value is -0.930. The first-order valence-electron chi connectivity index (χ1n) is 7.57. The second-order valence-corrected chi connectivity index (χ2v) is 6.74. The van der Waals surface area contributed by atoms with E-state index in [1.165, 1.54) is 30.2 Å². The van der Waals surface area contributed by atoms with Crippen LogP contribution >= 0.6 is 11.8 Å². The molecular weight excluding hydrogens is 266 g/mol. The molecule has 1 heterocycles. The molecule has 1 aromatic heterocycles. The predicted molar refractivity (Wildman–Crippen MR) is 87.4 cm³/mol. The van der Waals surface area contributed by atoms with Crippen LogP contribution in [-0.4, -0.2) is 17.5 Å². The molecule has 0 amide bonds. The van der Waals surface area contributed by atoms with Gasteiger partial charge >= 0.3 is 0 Å². The molecule has 0 bridgehead atoms. The van der Waals surface area contributed by atoms with Gasteiger partial charge in [-0.05, 0) is 31.6 Å². The zero-order valence-corrected chi connectivity index (χ0v) is 13.1. The standard InChI is InChI=1S/C17H23NOS/c1-3-16-15(14-6-4-5-7-17(14)19-16)11-18-12-8-9-13(10-12)20-2/h4-7,12-13,18H,3,8-11H2,1-2H3. The van der Waals surface area contributed by atoms with E-state index in [4.69, 9.17) is 4.42 Å². The summed E-state index contributed by atoms with van der Waals surface area (Å²) in [5.41, 5.74) is 2.38. The maximum atomic E-state index is 5.96. The Labute approximate surface area is 125 Å². The third-order valence-corrected chi connectivity index (χ3v) is 5.48. The van der Waals surface area contributed by atoms with Crippen LogP contribution in [0.2, 0.25) is 0 Å². The van der Waals surface area contributed by atoms with E-state index in [1.54, 1.807) is 0 Å². The Balaban J connectivity index is 1.74. The lowest BCUT2D eigenvalue weighted by Gasteiger charge is -2.12. The van der Waals surface area contributed by atoms with E-state index >= 15 is 0 Å². The maximum Gasteiger partial charge on any atom is 0.134 e. The first-order valence-corrected chi connectivity index (χ1v) is 8.86. The van der Waals surface area contributed by atoms with E-state index < -0.39 is 0 Å². The highest BCUT2D eigenvalue weighted by Gasteiger charge is 2.24. The Morgan fingerprint density at radius 1 is 1.30 bits per heavy atom. The predicted octanol–water partition coefficient (Wildman–Crippen LogP) is 4.37. The molecule has 1 aromatic carbocycles. The van der Waals surface area contributed by atoms with Crippen LogP contribution < -0.4 is 5.32 Å². The molecule has 3 rings (SSSR count). The molecule has 0 radical (unpaired) electrons. The van der Waals surface area contributed by atoms with Gasteiger partial charge in [0.25, 0.3) is 0 Å². The summed E-state index contributed by atoms with van der Waals surface area (Å²) in [5.74, 6) is 1.14. The van der Waals surface area contributed by atoms with Gasteiger partial charge in [-0.2, -0.15) is 11.8 Å². The summed E-state index contributed by atoms with van der Waals surface area (Å²) < 4.78 is 5.96. The van der Waals surface area contributed by atoms with E-state index in [2.05, 4.69) is 36.7 Å². The lowest BCUT2D eigenvalue weighted by molar-refractivity contribution is 0.508. The van der Waals surface area contributed by atoms with Crippen molar-refractivity contribution in [2.24, 2.45) is 0 Å². The van der Waals surface area contributed by atoms with Crippen LogP contribution in [0.4, 0.5) is 0 Å². The SMILES string of the molecule is CCc1oc2ccccc2c1CNC1CCC(SC)C1. The summed E-state index contributed by atoms with van der Waals surface area (Å²) >= 11 is 2.01. The average Bonchev–Trinajstić information content (AvgIpc) is 3.08. The van der Waals surface area contributed by atoms with E-state index in [-0.39, 0.29) is 0 Å². The van der Waals surface area contributed by atoms with Gasteiger partial charge in [0.2, 0.25) is 0 Å². The number of aryl methyl sites for hydroxylation is 1. The summed E-state index contributed by atoms with van der Waals surface area (Å²) in [6.45, 7) is 3.10. The fourth-order valence-corrected chi connectivity index (χ4v) is 4.01. The van der Waals surface area contributed by atoms with Crippen LogP contribution in [0.15, 0.2) is 28.7 Å². The van der Waals surface area contributed by atoms with Crippen LogP contribution in [0.5, 0.6) is 0 Å². The molecule has 108 valence electrons. The van der Waals surface area contributed by atoms with Crippen molar-refractivity contribution in [3.05, 3.63) is 35.6 Å². The van der Waals surface area contributed by atoms with Crippen molar-refractivity contribution < 1.29 is 4.42 Å². The van der Waals surface area contributed by atoms with E-state index in [0.717, 1.165) is 29.6 Å². The Bertz CT molecular complexity index is 577. The van der Waals surface area contributed by atoms with Crippen molar-refractivity contribution in [3.8, 4) is 0 Å². The fraction of sp³-hybridized carbons (Fsp3) is 0.529. The second-order valence-electron chi connectivity index (χ2n) is 5.60. The first kappa shape index (κ1) is 14.0. The molecule has 0 saturated heterocycles. The third-order valence-electron chi connectivity index (χ3n) is 4.39. The molecule has 2 aromatic rings. The van der Waals surface area contributed by atoms with Gasteiger partial charge in [-0.1, -0.05) is 25.1 Å². The van der Waals surface area contributed by atoms with Crippen LogP contribution in [-0.2, 0) is 13.0 Å². The molecule has 0 spiro atoms. The maximum absolute atomic E-state index is 5.96. The quantitative estimate of drug-likeness (QED) is 0.885. The molecular formula is C17H23NOS. The molecule has 1 aliphatic carbocycles. The number of benzene rings is 1. The number of para-hydroxylation sites is 1. The van der Waals surface area contributed by atoms with Crippen LogP contribution in [0, 0.1) is 0 Å². The number of fused-ring (bicyclic) bond motifs is 1. The first-order chi connectivity index (χ1) is 9.81. The molecule has 1 aliphatic rings. The number of hydrogen-bond acceptors (Lipinski definition) is 3. The largest absolute Gasteiger partial charge is 0.461 e. The smallest absolute Gasteiger partial charge is 0.134 e. The highest BCUT2D eigenvalue weighted by atomic mass is 32.2. The number of thioether (sulfide) groups is 1. The lowest BCUT2D eigenvalue weighted by Crippen LogP contribution is -2.26. The Morgan fingerprint density at radius 2 is 2.15 bits per heavy atom. The number of hydrogen-bond donors (Lipinski definition) is 1. The van der Waals surface area contributed by atoms with Crippen molar-refractivity contribution in [1.29, 1.82) is 0 Å². The molecule has 2 atom stereocenters. The van der Waals surface area contributed by atoms with Crippen LogP contribution in [0.3, 0.4) is 0 Å². The van der Waals surface area contributed by atoms with Gasteiger partial charge in [0.15, 0.2) is 0 Å². The summed E-state index contributed by atoms with van der Waals surface area (Å²) in [6.07, 6.45) is 7.16. The Morgan fingerprint density at radius 3 is 2.90 bits per heavy atom. The highest BCUT2D eigenvalue weighted by Crippen LogP contribution is 2.30. The zero-order valence-electron chi connectivity index (χ0n) is 12.3. The third kappa shape index (κ3) is 2.75. The number of nitrogens with one attached hydrogen (secondary N) is 1. The minimum atomic E-state index is 0.672. The van der Waals surface area contributed by atoms with Gasteiger partial charge < -0.3 is 9.73 Å². The van der Waals surface area contributed by atoms with Crippen molar-refractivity contribution >= 4 is 22.7 Å². The molecule has 1 saturated carbocycles. The average molecular weight is 289 g/mol. The van der Waals surface area contributed by atoms with Crippen LogP contribution in [0.25, 0.3) is 11.0 Å². The fourth-order valence-electron chi connectivity index (χ4n) is 3.21. The van der Waals surface area contributed by atoms with E-state index in [0.29, 0.717) is 6.04 Å². The normalized spacial score (nSPS) is 22.7. The minimum Gasteiger partial charge on any atom is -0.461 e. The Kier molecular flexibility index (Phi) is 4.37. The van der Waals surface area contributed by atoms with Crippen molar-refractivity contribution in [2.75, 3.05) is 6.26 Å². The zero-order chi connectivity index (χ0) is 13.9. The van der Waals surface area contributed by atoms with Crippen molar-refractivity contribution in [2.45, 2.75) is 50.4 Å². The van der Waals surface area contributed by atoms with Crippen molar-refractivity contribution in [3.63, 3.8) is 0 Å². The molecule has 2 unspecified atom stereocenters. The summed E-state index contributed by atoms with van der Waals surface area (Å²) in [4.78, 5) is 0. The van der Waals surface area contributed by atoms with Gasteiger partial charge in [-0.3, -0.25) is 0 Å². The number of furan rings is 1. The summed E-state index contributed by atoms with van der Waals surface area (Å²) in [7, 11) is 0. The van der Waals surface area contributed by atoms with Crippen LogP contribution in [0.1, 0.15) is 37.5 Å². The van der Waals surface area contributed by atoms with Gasteiger partial charge in [-0.25, -0.2) is 0 Å². The molecule has 1 N–H and O–H groups in total. The molecule has 20 heavy (non-hydrogen) atoms. The lowest BCUT2D eigenvalue weighted by atomic mass is 10.1. The second kappa shape index (κ2) is 6.23. The van der Waals surface area contributed by atoms with Gasteiger partial charge in [-0.15, -0.1) is 0 Å². The van der Waals surface area contributed by atoms with E-state index in [9.17, 15) is 0 Å².